The van der Waals surface area contributed by atoms with Crippen LogP contribution in [0.25, 0.3) is 5.69 Å². The number of carboxylic acids is 1. The molecule has 2 heterocycles. The number of amides is 1. The molecule has 2 aromatic rings. The van der Waals surface area contributed by atoms with E-state index in [1.807, 2.05) is 12.1 Å². The highest BCUT2D eigenvalue weighted by Gasteiger charge is 2.36. The van der Waals surface area contributed by atoms with Crippen molar-refractivity contribution < 1.29 is 14.7 Å². The molecular formula is C28H38N4O3. The Balaban J connectivity index is 1.37. The van der Waals surface area contributed by atoms with Crippen molar-refractivity contribution in [2.24, 2.45) is 5.92 Å². The zero-order chi connectivity index (χ0) is 24.5. The van der Waals surface area contributed by atoms with Crippen LogP contribution in [0.1, 0.15) is 111 Å². The molecule has 0 bridgehead atoms. The topological polar surface area (TPSA) is 101 Å². The molecule has 1 aliphatic heterocycles. The van der Waals surface area contributed by atoms with Gasteiger partial charge in [0.15, 0.2) is 0 Å². The zero-order valence-corrected chi connectivity index (χ0v) is 20.8. The number of carboxylic acid groups (broad SMARTS) is 1. The molecule has 5 rings (SSSR count). The maximum absolute atomic E-state index is 13.5. The van der Waals surface area contributed by atoms with Gasteiger partial charge in [-0.2, -0.15) is 5.10 Å². The second kappa shape index (κ2) is 10.0. The number of carbonyl (C=O) groups is 2. The Bertz CT molecular complexity index is 1090. The fraction of sp³-hybridized carbons (Fsp3) is 0.607. The minimum absolute atomic E-state index is 0.0752. The summed E-state index contributed by atoms with van der Waals surface area (Å²) in [6.45, 7) is 3.12. The third-order valence-corrected chi connectivity index (χ3v) is 8.25. The van der Waals surface area contributed by atoms with Crippen LogP contribution in [0.15, 0.2) is 24.4 Å². The molecule has 1 unspecified atom stereocenters. The van der Waals surface area contributed by atoms with Gasteiger partial charge in [-0.25, -0.2) is 9.48 Å². The molecule has 7 heteroatoms. The third-order valence-electron chi connectivity index (χ3n) is 8.25. The predicted octanol–water partition coefficient (Wildman–Crippen LogP) is 5.49. The Labute approximate surface area is 207 Å². The highest BCUT2D eigenvalue weighted by Crippen LogP contribution is 2.43. The highest BCUT2D eigenvalue weighted by atomic mass is 16.4. The van der Waals surface area contributed by atoms with E-state index in [2.05, 4.69) is 23.0 Å². The minimum Gasteiger partial charge on any atom is -0.478 e. The molecule has 188 valence electrons. The van der Waals surface area contributed by atoms with E-state index in [-0.39, 0.29) is 23.3 Å². The first-order valence-corrected chi connectivity index (χ1v) is 13.5. The van der Waals surface area contributed by atoms with Gasteiger partial charge in [-0.05, 0) is 81.0 Å². The van der Waals surface area contributed by atoms with Crippen molar-refractivity contribution in [1.29, 1.82) is 0 Å². The molecule has 0 radical (unpaired) electrons. The van der Waals surface area contributed by atoms with E-state index in [0.29, 0.717) is 17.6 Å². The van der Waals surface area contributed by atoms with Crippen LogP contribution < -0.4 is 5.73 Å². The number of nitrogen functional groups attached to an aromatic ring is 1. The Hall–Kier alpha value is -2.83. The minimum atomic E-state index is -0.935. The molecule has 3 N–H and O–H groups in total. The van der Waals surface area contributed by atoms with E-state index in [1.54, 1.807) is 4.68 Å². The molecular weight excluding hydrogens is 440 g/mol. The summed E-state index contributed by atoms with van der Waals surface area (Å²) in [5, 5.41) is 14.1. The van der Waals surface area contributed by atoms with Gasteiger partial charge in [-0.1, -0.05) is 26.2 Å². The number of carbonyl (C=O) groups excluding carboxylic acids is 1. The zero-order valence-electron chi connectivity index (χ0n) is 20.8. The first kappa shape index (κ1) is 23.9. The molecule has 0 spiro atoms. The number of likely N-dealkylation sites (tertiary alicyclic amines) is 1. The molecule has 1 aromatic carbocycles. The number of aromatic carboxylic acids is 1. The Morgan fingerprint density at radius 3 is 2.66 bits per heavy atom. The van der Waals surface area contributed by atoms with E-state index in [0.717, 1.165) is 81.3 Å². The molecule has 1 amide bonds. The van der Waals surface area contributed by atoms with Crippen LogP contribution in [-0.4, -0.2) is 44.3 Å². The van der Waals surface area contributed by atoms with Crippen LogP contribution in [-0.2, 0) is 4.79 Å². The SMILES string of the molecule is CCCCC1CCCN1C(=O)[C@@H]1CCC[C@H](c2cc(N)cc(-n3ncc(C(=O)O)c3C3CC3)c2)C1. The van der Waals surface area contributed by atoms with E-state index < -0.39 is 5.97 Å². The second-order valence-corrected chi connectivity index (χ2v) is 10.8. The van der Waals surface area contributed by atoms with Gasteiger partial charge in [0.05, 0.1) is 17.6 Å². The predicted molar refractivity (Wildman–Crippen MR) is 136 cm³/mol. The van der Waals surface area contributed by atoms with Gasteiger partial charge in [-0.15, -0.1) is 0 Å². The summed E-state index contributed by atoms with van der Waals surface area (Å²) in [5.41, 5.74) is 10.0. The summed E-state index contributed by atoms with van der Waals surface area (Å²) < 4.78 is 1.77. The van der Waals surface area contributed by atoms with Crippen LogP contribution in [0.4, 0.5) is 5.69 Å². The lowest BCUT2D eigenvalue weighted by molar-refractivity contribution is -0.137. The summed E-state index contributed by atoms with van der Waals surface area (Å²) in [6, 6.07) is 6.44. The molecule has 3 atom stereocenters. The van der Waals surface area contributed by atoms with Gasteiger partial charge >= 0.3 is 5.97 Å². The van der Waals surface area contributed by atoms with Gasteiger partial charge in [-0.3, -0.25) is 4.79 Å². The normalized spacial score (nSPS) is 24.6. The number of benzene rings is 1. The molecule has 1 saturated heterocycles. The standard InChI is InChI=1S/C28H38N4O3/c1-2-3-8-23-9-5-12-31(23)27(33)20-7-4-6-19(13-20)21-14-22(29)16-24(15-21)32-26(18-10-11-18)25(17-30-32)28(34)35/h14-20,23H,2-13,29H2,1H3,(H,34,35)/t19-,20+,23?/m0/s1. The number of rotatable bonds is 8. The van der Waals surface area contributed by atoms with Crippen LogP contribution in [0.3, 0.4) is 0 Å². The first-order chi connectivity index (χ1) is 17.0. The number of unbranched alkanes of at least 4 members (excludes halogenated alkanes) is 1. The van der Waals surface area contributed by atoms with Crippen molar-refractivity contribution in [3.8, 4) is 5.69 Å². The van der Waals surface area contributed by atoms with Gasteiger partial charge in [0.25, 0.3) is 0 Å². The maximum Gasteiger partial charge on any atom is 0.339 e. The molecule has 1 aromatic heterocycles. The number of hydrogen-bond donors (Lipinski definition) is 2. The molecule has 3 fully saturated rings. The average Bonchev–Trinajstić information content (AvgIpc) is 3.41. The lowest BCUT2D eigenvalue weighted by atomic mass is 9.77. The molecule has 7 nitrogen and oxygen atoms in total. The lowest BCUT2D eigenvalue weighted by Gasteiger charge is -2.34. The van der Waals surface area contributed by atoms with Gasteiger partial charge in [0, 0.05) is 30.1 Å². The number of nitrogens with two attached hydrogens (primary N) is 1. The van der Waals surface area contributed by atoms with Crippen molar-refractivity contribution in [3.05, 3.63) is 41.2 Å². The smallest absolute Gasteiger partial charge is 0.339 e. The second-order valence-electron chi connectivity index (χ2n) is 10.8. The molecule has 3 aliphatic rings. The molecule has 35 heavy (non-hydrogen) atoms. The molecule has 2 aliphatic carbocycles. The highest BCUT2D eigenvalue weighted by molar-refractivity contribution is 5.89. The first-order valence-electron chi connectivity index (χ1n) is 13.5. The summed E-state index contributed by atoms with van der Waals surface area (Å²) in [6.07, 6.45) is 13.1. The van der Waals surface area contributed by atoms with Crippen molar-refractivity contribution >= 4 is 17.6 Å². The number of hydrogen-bond acceptors (Lipinski definition) is 4. The number of nitrogens with zero attached hydrogens (tertiary/aromatic N) is 3. The van der Waals surface area contributed by atoms with Crippen molar-refractivity contribution in [2.45, 2.75) is 95.4 Å². The molecule has 2 saturated carbocycles. The van der Waals surface area contributed by atoms with Crippen molar-refractivity contribution in [2.75, 3.05) is 12.3 Å². The van der Waals surface area contributed by atoms with E-state index in [1.165, 1.54) is 19.0 Å². The summed E-state index contributed by atoms with van der Waals surface area (Å²) in [7, 11) is 0. The van der Waals surface area contributed by atoms with E-state index in [9.17, 15) is 14.7 Å². The fourth-order valence-electron chi connectivity index (χ4n) is 6.31. The maximum atomic E-state index is 13.5. The lowest BCUT2D eigenvalue weighted by Crippen LogP contribution is -2.41. The third kappa shape index (κ3) is 4.95. The summed E-state index contributed by atoms with van der Waals surface area (Å²) >= 11 is 0. The van der Waals surface area contributed by atoms with Gasteiger partial charge in [0.2, 0.25) is 5.91 Å². The Morgan fingerprint density at radius 2 is 1.91 bits per heavy atom. The average molecular weight is 479 g/mol. The van der Waals surface area contributed by atoms with E-state index >= 15 is 0 Å². The van der Waals surface area contributed by atoms with Crippen LogP contribution in [0.2, 0.25) is 0 Å². The van der Waals surface area contributed by atoms with Crippen molar-refractivity contribution in [3.63, 3.8) is 0 Å². The van der Waals surface area contributed by atoms with Crippen LogP contribution >= 0.6 is 0 Å². The van der Waals surface area contributed by atoms with Gasteiger partial charge in [0.1, 0.15) is 5.56 Å². The quantitative estimate of drug-likeness (QED) is 0.489. The van der Waals surface area contributed by atoms with Crippen molar-refractivity contribution in [1.82, 2.24) is 14.7 Å². The fourth-order valence-corrected chi connectivity index (χ4v) is 6.31. The van der Waals surface area contributed by atoms with Crippen LogP contribution in [0, 0.1) is 5.92 Å². The largest absolute Gasteiger partial charge is 0.478 e. The Kier molecular flexibility index (Phi) is 6.85. The van der Waals surface area contributed by atoms with Crippen LogP contribution in [0.5, 0.6) is 0 Å². The van der Waals surface area contributed by atoms with E-state index in [4.69, 9.17) is 5.73 Å². The number of anilines is 1. The summed E-state index contributed by atoms with van der Waals surface area (Å²) in [5.74, 6) is 0.00898. The van der Waals surface area contributed by atoms with Gasteiger partial charge < -0.3 is 15.7 Å². The number of aromatic nitrogens is 2. The monoisotopic (exact) mass is 478 g/mol. The summed E-state index contributed by atoms with van der Waals surface area (Å²) in [4.78, 5) is 27.5. The Morgan fingerprint density at radius 1 is 1.09 bits per heavy atom.